The molecule has 1 aliphatic heterocycles. The van der Waals surface area contributed by atoms with Crippen molar-refractivity contribution in [2.75, 3.05) is 13.2 Å². The van der Waals surface area contributed by atoms with Crippen molar-refractivity contribution in [2.24, 2.45) is 0 Å². The summed E-state index contributed by atoms with van der Waals surface area (Å²) in [6.07, 6.45) is 0. The van der Waals surface area contributed by atoms with Crippen LogP contribution in [0.15, 0.2) is 0 Å². The third kappa shape index (κ3) is 1.46. The van der Waals surface area contributed by atoms with Crippen LogP contribution in [0.5, 0.6) is 0 Å². The van der Waals surface area contributed by atoms with Crippen LogP contribution < -0.4 is 5.32 Å². The molecule has 3 atom stereocenters. The lowest BCUT2D eigenvalue weighted by atomic mass is 10.2. The van der Waals surface area contributed by atoms with Crippen LogP contribution in [0.25, 0.3) is 0 Å². The molecule has 1 N–H and O–H groups in total. The normalized spacial score (nSPS) is 61.8. The van der Waals surface area contributed by atoms with Gasteiger partial charge in [0.05, 0.1) is 14.6 Å². The summed E-state index contributed by atoms with van der Waals surface area (Å²) in [6, 6.07) is -0.762. The van der Waals surface area contributed by atoms with Crippen molar-refractivity contribution in [1.29, 1.82) is 0 Å². The van der Waals surface area contributed by atoms with Gasteiger partial charge in [0.2, 0.25) is 0 Å². The number of ether oxygens (including phenoxy) is 1. The number of rotatable bonds is 0. The van der Waals surface area contributed by atoms with Crippen LogP contribution in [0.3, 0.4) is 0 Å². The monoisotopic (exact) mass is 117 g/mol. The van der Waals surface area contributed by atoms with Crippen LogP contribution in [0, 0.1) is 0 Å². The fourth-order valence-electron chi connectivity index (χ4n) is 0.782. The van der Waals surface area contributed by atoms with E-state index in [-0.39, 0.29) is 6.04 Å². The van der Waals surface area contributed by atoms with Gasteiger partial charge in [-0.3, -0.25) is 0 Å². The Hall–Kier alpha value is -0.0800. The van der Waals surface area contributed by atoms with Gasteiger partial charge in [0.15, 0.2) is 0 Å². The Kier molecular flexibility index (Phi) is 1.19. The van der Waals surface area contributed by atoms with Crippen molar-refractivity contribution in [3.05, 3.63) is 0 Å². The van der Waals surface area contributed by atoms with E-state index in [4.69, 9.17) is 7.48 Å². The SMILES string of the molecule is [2H]C1OCC(C)NC1([2H])C. The number of hydrogen-bond donors (Lipinski definition) is 1. The second-order valence-electron chi connectivity index (χ2n) is 2.18. The molecule has 0 aromatic carbocycles. The first-order chi connectivity index (χ1) is 4.52. The van der Waals surface area contributed by atoms with Crippen LogP contribution in [0.1, 0.15) is 16.6 Å². The van der Waals surface area contributed by atoms with E-state index in [0.29, 0.717) is 6.61 Å². The van der Waals surface area contributed by atoms with Gasteiger partial charge in [-0.1, -0.05) is 0 Å². The summed E-state index contributed by atoms with van der Waals surface area (Å²) in [5, 5.41) is 2.96. The van der Waals surface area contributed by atoms with Crippen molar-refractivity contribution in [2.45, 2.75) is 25.9 Å². The molecule has 0 saturated carbocycles. The smallest absolute Gasteiger partial charge is 0.0617 e. The summed E-state index contributed by atoms with van der Waals surface area (Å²) in [5.41, 5.74) is 0. The number of hydrogen-bond acceptors (Lipinski definition) is 2. The molecule has 0 amide bonds. The predicted molar refractivity (Wildman–Crippen MR) is 32.9 cm³/mol. The van der Waals surface area contributed by atoms with Crippen LogP contribution in [-0.4, -0.2) is 25.2 Å². The highest BCUT2D eigenvalue weighted by molar-refractivity contribution is 4.70. The van der Waals surface area contributed by atoms with Crippen LogP contribution in [-0.2, 0) is 4.74 Å². The summed E-state index contributed by atoms with van der Waals surface area (Å²) in [6.45, 7) is 3.37. The lowest BCUT2D eigenvalue weighted by molar-refractivity contribution is 0.0560. The molecular weight excluding hydrogens is 102 g/mol. The maximum atomic E-state index is 7.54. The van der Waals surface area contributed by atoms with Crippen molar-refractivity contribution in [3.8, 4) is 0 Å². The van der Waals surface area contributed by atoms with Crippen LogP contribution in [0.2, 0.25) is 0 Å². The Balaban J connectivity index is 2.55. The molecule has 1 saturated heterocycles. The highest BCUT2D eigenvalue weighted by Crippen LogP contribution is 1.96. The van der Waals surface area contributed by atoms with Gasteiger partial charge in [-0.15, -0.1) is 0 Å². The molecule has 1 rings (SSSR count). The van der Waals surface area contributed by atoms with Crippen molar-refractivity contribution in [3.63, 3.8) is 0 Å². The first kappa shape index (κ1) is 3.85. The minimum atomic E-state index is -0.947. The Bertz CT molecular complexity index is 129. The van der Waals surface area contributed by atoms with Gasteiger partial charge in [-0.25, -0.2) is 0 Å². The average molecular weight is 117 g/mol. The summed E-state index contributed by atoms with van der Waals surface area (Å²) in [4.78, 5) is 0. The Morgan fingerprint density at radius 3 is 3.12 bits per heavy atom. The quantitative estimate of drug-likeness (QED) is 0.495. The van der Waals surface area contributed by atoms with E-state index >= 15 is 0 Å². The maximum absolute atomic E-state index is 7.54. The van der Waals surface area contributed by atoms with E-state index < -0.39 is 12.6 Å². The fourth-order valence-corrected chi connectivity index (χ4v) is 0.782. The molecule has 1 aliphatic rings. The molecule has 0 aromatic heterocycles. The number of nitrogens with one attached hydrogen (secondary N) is 1. The first-order valence-electron chi connectivity index (χ1n) is 3.91. The van der Waals surface area contributed by atoms with Crippen LogP contribution in [0.4, 0.5) is 0 Å². The van der Waals surface area contributed by atoms with E-state index in [2.05, 4.69) is 5.32 Å². The van der Waals surface area contributed by atoms with Crippen molar-refractivity contribution >= 4 is 0 Å². The van der Waals surface area contributed by atoms with E-state index in [0.717, 1.165) is 0 Å². The summed E-state index contributed by atoms with van der Waals surface area (Å²) < 4.78 is 19.9. The molecular formula is C6H13NO. The van der Waals surface area contributed by atoms with E-state index in [1.807, 2.05) is 6.92 Å². The second-order valence-corrected chi connectivity index (χ2v) is 2.18. The third-order valence-corrected chi connectivity index (χ3v) is 1.08. The highest BCUT2D eigenvalue weighted by atomic mass is 16.5. The molecule has 3 unspecified atom stereocenters. The molecule has 0 radical (unpaired) electrons. The Labute approximate surface area is 53.0 Å². The lowest BCUT2D eigenvalue weighted by Crippen LogP contribution is -2.45. The molecule has 0 aliphatic carbocycles. The van der Waals surface area contributed by atoms with E-state index in [1.54, 1.807) is 6.92 Å². The molecule has 8 heavy (non-hydrogen) atoms. The molecule has 2 nitrogen and oxygen atoms in total. The molecule has 1 fully saturated rings. The van der Waals surface area contributed by atoms with Gasteiger partial charge in [0.25, 0.3) is 0 Å². The van der Waals surface area contributed by atoms with Gasteiger partial charge in [-0.05, 0) is 13.8 Å². The van der Waals surface area contributed by atoms with Gasteiger partial charge < -0.3 is 10.1 Å². The van der Waals surface area contributed by atoms with Gasteiger partial charge >= 0.3 is 0 Å². The first-order valence-corrected chi connectivity index (χ1v) is 2.84. The summed E-state index contributed by atoms with van der Waals surface area (Å²) in [5.74, 6) is 0. The predicted octanol–water partition coefficient (Wildman–Crippen LogP) is 0.383. The molecule has 0 aromatic rings. The highest BCUT2D eigenvalue weighted by Gasteiger charge is 2.12. The molecule has 1 heterocycles. The standard InChI is InChI=1S/C6H13NO/c1-5-3-8-4-6(2)7-5/h5-7H,3-4H2,1-2H3/i3D,5D. The Morgan fingerprint density at radius 2 is 2.62 bits per heavy atom. The second kappa shape index (κ2) is 2.46. The molecule has 2 heteroatoms. The largest absolute Gasteiger partial charge is 0.378 e. The minimum Gasteiger partial charge on any atom is -0.378 e. The molecule has 0 spiro atoms. The summed E-state index contributed by atoms with van der Waals surface area (Å²) in [7, 11) is 0. The maximum Gasteiger partial charge on any atom is 0.0617 e. The number of morpholine rings is 1. The van der Waals surface area contributed by atoms with Crippen LogP contribution >= 0.6 is 0 Å². The topological polar surface area (TPSA) is 21.3 Å². The lowest BCUT2D eigenvalue weighted by Gasteiger charge is -2.25. The van der Waals surface area contributed by atoms with Crippen molar-refractivity contribution < 1.29 is 7.48 Å². The van der Waals surface area contributed by atoms with Crippen molar-refractivity contribution in [1.82, 2.24) is 5.32 Å². The third-order valence-electron chi connectivity index (χ3n) is 1.08. The molecule has 0 bridgehead atoms. The van der Waals surface area contributed by atoms with E-state index in [1.165, 1.54) is 0 Å². The van der Waals surface area contributed by atoms with Gasteiger partial charge in [0, 0.05) is 13.4 Å². The zero-order chi connectivity index (χ0) is 7.78. The zero-order valence-electron chi connectivity index (χ0n) is 7.27. The zero-order valence-corrected chi connectivity index (χ0v) is 5.27. The van der Waals surface area contributed by atoms with Gasteiger partial charge in [0.1, 0.15) is 0 Å². The van der Waals surface area contributed by atoms with E-state index in [9.17, 15) is 0 Å². The minimum absolute atomic E-state index is 0.184. The summed E-state index contributed by atoms with van der Waals surface area (Å²) >= 11 is 0. The Morgan fingerprint density at radius 1 is 1.88 bits per heavy atom. The molecule has 48 valence electrons. The fraction of sp³-hybridized carbons (Fsp3) is 1.00. The van der Waals surface area contributed by atoms with Gasteiger partial charge in [-0.2, -0.15) is 0 Å². The average Bonchev–Trinajstić information content (AvgIpc) is 1.78.